The van der Waals surface area contributed by atoms with Gasteiger partial charge in [0, 0.05) is 26.2 Å². The van der Waals surface area contributed by atoms with Gasteiger partial charge in [0.1, 0.15) is 11.5 Å². The number of nitrogens with one attached hydrogen (secondary N) is 2. The van der Waals surface area contributed by atoms with Gasteiger partial charge in [-0.15, -0.1) is 0 Å². The lowest BCUT2D eigenvalue weighted by molar-refractivity contribution is -0.121. The number of aryl methyl sites for hydroxylation is 1. The summed E-state index contributed by atoms with van der Waals surface area (Å²) in [6, 6.07) is 2.08. The van der Waals surface area contributed by atoms with E-state index >= 15 is 0 Å². The first-order valence-corrected chi connectivity index (χ1v) is 6.71. The third-order valence-electron chi connectivity index (χ3n) is 3.61. The number of carbonyl (C=O) groups is 1. The molecule has 0 bridgehead atoms. The molecule has 20 heavy (non-hydrogen) atoms. The van der Waals surface area contributed by atoms with Crippen LogP contribution in [0.3, 0.4) is 0 Å². The van der Waals surface area contributed by atoms with Crippen LogP contribution in [0, 0.1) is 18.6 Å². The second-order valence-corrected chi connectivity index (χ2v) is 5.00. The summed E-state index contributed by atoms with van der Waals surface area (Å²) in [6.07, 6.45) is 0. The average Bonchev–Trinajstić information content (AvgIpc) is 2.47. The van der Waals surface area contributed by atoms with Crippen LogP contribution in [-0.2, 0) is 4.79 Å². The first-order chi connectivity index (χ1) is 9.50. The van der Waals surface area contributed by atoms with Crippen LogP contribution in [0.1, 0.15) is 12.5 Å². The number of hydrogen-bond acceptors (Lipinski definition) is 3. The highest BCUT2D eigenvalue weighted by molar-refractivity contribution is 5.94. The van der Waals surface area contributed by atoms with Crippen LogP contribution in [0.25, 0.3) is 0 Å². The number of benzene rings is 1. The van der Waals surface area contributed by atoms with Gasteiger partial charge in [-0.05, 0) is 25.5 Å². The summed E-state index contributed by atoms with van der Waals surface area (Å²) in [5.74, 6) is -1.87. The van der Waals surface area contributed by atoms with E-state index in [0.29, 0.717) is 5.56 Å². The lowest BCUT2D eigenvalue weighted by Gasteiger charge is -2.31. The SMILES string of the molecule is Cc1ccc(F)c(NC(=O)C(C)N2CCNCC2)c1F. The highest BCUT2D eigenvalue weighted by Gasteiger charge is 2.24. The molecule has 4 nitrogen and oxygen atoms in total. The first-order valence-electron chi connectivity index (χ1n) is 6.71. The monoisotopic (exact) mass is 283 g/mol. The molecule has 0 saturated carbocycles. The molecule has 1 atom stereocenters. The van der Waals surface area contributed by atoms with Gasteiger partial charge in [0.15, 0.2) is 5.82 Å². The molecule has 0 aliphatic carbocycles. The molecular weight excluding hydrogens is 264 g/mol. The van der Waals surface area contributed by atoms with Crippen molar-refractivity contribution in [3.63, 3.8) is 0 Å². The van der Waals surface area contributed by atoms with Crippen LogP contribution >= 0.6 is 0 Å². The topological polar surface area (TPSA) is 44.4 Å². The zero-order chi connectivity index (χ0) is 14.7. The molecule has 0 radical (unpaired) electrons. The van der Waals surface area contributed by atoms with Crippen molar-refractivity contribution in [2.45, 2.75) is 19.9 Å². The standard InChI is InChI=1S/C14H19F2N3O/c1-9-3-4-11(15)13(12(9)16)18-14(20)10(2)19-7-5-17-6-8-19/h3-4,10,17H,5-8H2,1-2H3,(H,18,20). The van der Waals surface area contributed by atoms with Gasteiger partial charge >= 0.3 is 0 Å². The third kappa shape index (κ3) is 3.13. The maximum Gasteiger partial charge on any atom is 0.241 e. The Morgan fingerprint density at radius 3 is 2.65 bits per heavy atom. The van der Waals surface area contributed by atoms with Crippen LogP contribution < -0.4 is 10.6 Å². The molecule has 1 unspecified atom stereocenters. The molecule has 1 saturated heterocycles. The van der Waals surface area contributed by atoms with Crippen LogP contribution in [0.15, 0.2) is 12.1 Å². The number of hydrogen-bond donors (Lipinski definition) is 2. The summed E-state index contributed by atoms with van der Waals surface area (Å²) in [5.41, 5.74) is -0.0616. The first kappa shape index (κ1) is 14.9. The van der Waals surface area contributed by atoms with Crippen molar-refractivity contribution in [2.24, 2.45) is 0 Å². The minimum absolute atomic E-state index is 0.302. The average molecular weight is 283 g/mol. The number of rotatable bonds is 3. The molecule has 1 aliphatic rings. The molecule has 0 aromatic heterocycles. The summed E-state index contributed by atoms with van der Waals surface area (Å²) in [5, 5.41) is 5.56. The number of carbonyl (C=O) groups excluding carboxylic acids is 1. The van der Waals surface area contributed by atoms with Gasteiger partial charge in [0.05, 0.1) is 6.04 Å². The number of nitrogens with zero attached hydrogens (tertiary/aromatic N) is 1. The predicted molar refractivity (Wildman–Crippen MR) is 73.6 cm³/mol. The Morgan fingerprint density at radius 2 is 2.00 bits per heavy atom. The molecule has 1 heterocycles. The normalized spacial score (nSPS) is 17.8. The smallest absolute Gasteiger partial charge is 0.241 e. The Labute approximate surface area is 117 Å². The van der Waals surface area contributed by atoms with Crippen molar-refractivity contribution in [3.8, 4) is 0 Å². The Hall–Kier alpha value is -1.53. The Bertz CT molecular complexity index is 501. The fraction of sp³-hybridized carbons (Fsp3) is 0.500. The van der Waals surface area contributed by atoms with E-state index in [1.807, 2.05) is 4.90 Å². The van der Waals surface area contributed by atoms with E-state index in [1.54, 1.807) is 6.92 Å². The van der Waals surface area contributed by atoms with Crippen molar-refractivity contribution in [1.29, 1.82) is 0 Å². The Kier molecular flexibility index (Phi) is 4.67. The van der Waals surface area contributed by atoms with E-state index in [4.69, 9.17) is 0 Å². The molecular formula is C14H19F2N3O. The van der Waals surface area contributed by atoms with E-state index in [9.17, 15) is 13.6 Å². The van der Waals surface area contributed by atoms with Crippen LogP contribution in [-0.4, -0.2) is 43.0 Å². The second kappa shape index (κ2) is 6.28. The summed E-state index contributed by atoms with van der Waals surface area (Å²) in [6.45, 7) is 6.38. The van der Waals surface area contributed by atoms with Crippen molar-refractivity contribution in [3.05, 3.63) is 29.3 Å². The maximum absolute atomic E-state index is 13.9. The van der Waals surface area contributed by atoms with E-state index in [0.717, 1.165) is 32.2 Å². The minimum Gasteiger partial charge on any atom is -0.320 e. The molecule has 1 fully saturated rings. The van der Waals surface area contributed by atoms with Gasteiger partial charge in [0.25, 0.3) is 0 Å². The quantitative estimate of drug-likeness (QED) is 0.883. The van der Waals surface area contributed by atoms with E-state index < -0.39 is 23.6 Å². The van der Waals surface area contributed by atoms with Crippen molar-refractivity contribution < 1.29 is 13.6 Å². The van der Waals surface area contributed by atoms with Crippen LogP contribution in [0.2, 0.25) is 0 Å². The van der Waals surface area contributed by atoms with Gasteiger partial charge in [-0.3, -0.25) is 9.69 Å². The number of anilines is 1. The fourth-order valence-electron chi connectivity index (χ4n) is 2.23. The predicted octanol–water partition coefficient (Wildman–Crippen LogP) is 1.51. The van der Waals surface area contributed by atoms with Gasteiger partial charge in [0.2, 0.25) is 5.91 Å². The van der Waals surface area contributed by atoms with Crippen LogP contribution in [0.4, 0.5) is 14.5 Å². The lowest BCUT2D eigenvalue weighted by Crippen LogP contribution is -2.51. The Morgan fingerprint density at radius 1 is 1.35 bits per heavy atom. The molecule has 1 amide bonds. The summed E-state index contributed by atoms with van der Waals surface area (Å²) in [7, 11) is 0. The highest BCUT2D eigenvalue weighted by atomic mass is 19.1. The van der Waals surface area contributed by atoms with Crippen LogP contribution in [0.5, 0.6) is 0 Å². The van der Waals surface area contributed by atoms with Crippen molar-refractivity contribution >= 4 is 11.6 Å². The summed E-state index contributed by atoms with van der Waals surface area (Å²) >= 11 is 0. The second-order valence-electron chi connectivity index (χ2n) is 5.00. The van der Waals surface area contributed by atoms with Gasteiger partial charge in [-0.2, -0.15) is 0 Å². The van der Waals surface area contributed by atoms with Gasteiger partial charge in [-0.25, -0.2) is 8.78 Å². The zero-order valence-electron chi connectivity index (χ0n) is 11.7. The number of piperazine rings is 1. The summed E-state index contributed by atoms with van der Waals surface area (Å²) in [4.78, 5) is 14.1. The largest absolute Gasteiger partial charge is 0.320 e. The molecule has 0 spiro atoms. The molecule has 2 N–H and O–H groups in total. The maximum atomic E-state index is 13.9. The number of amides is 1. The van der Waals surface area contributed by atoms with Gasteiger partial charge < -0.3 is 10.6 Å². The third-order valence-corrected chi connectivity index (χ3v) is 3.61. The highest BCUT2D eigenvalue weighted by Crippen LogP contribution is 2.22. The van der Waals surface area contributed by atoms with Crippen molar-refractivity contribution in [1.82, 2.24) is 10.2 Å². The lowest BCUT2D eigenvalue weighted by atomic mass is 10.1. The molecule has 110 valence electrons. The van der Waals surface area contributed by atoms with Gasteiger partial charge in [-0.1, -0.05) is 6.07 Å². The van der Waals surface area contributed by atoms with E-state index in [-0.39, 0.29) is 5.69 Å². The Balaban J connectivity index is 2.09. The summed E-state index contributed by atoms with van der Waals surface area (Å²) < 4.78 is 27.5. The minimum atomic E-state index is -0.756. The van der Waals surface area contributed by atoms with Crippen molar-refractivity contribution in [2.75, 3.05) is 31.5 Å². The molecule has 1 aliphatic heterocycles. The van der Waals surface area contributed by atoms with E-state index in [2.05, 4.69) is 10.6 Å². The van der Waals surface area contributed by atoms with E-state index in [1.165, 1.54) is 13.0 Å². The fourth-order valence-corrected chi connectivity index (χ4v) is 2.23. The zero-order valence-corrected chi connectivity index (χ0v) is 11.7. The molecule has 2 rings (SSSR count). The molecule has 6 heteroatoms. The molecule has 1 aromatic carbocycles. The number of halogens is 2. The molecule has 1 aromatic rings.